The third-order valence-corrected chi connectivity index (χ3v) is 9.08. The van der Waals surface area contributed by atoms with Gasteiger partial charge < -0.3 is 20.9 Å². The number of nitrogens with one attached hydrogen (secondary N) is 3. The van der Waals surface area contributed by atoms with Crippen LogP contribution in [0, 0.1) is 17.3 Å². The van der Waals surface area contributed by atoms with Crippen molar-refractivity contribution < 1.29 is 28.0 Å². The molecule has 2 fully saturated rings. The van der Waals surface area contributed by atoms with E-state index in [1.54, 1.807) is 24.4 Å². The first-order valence-electron chi connectivity index (χ1n) is 15.6. The lowest BCUT2D eigenvalue weighted by atomic mass is 9.85. The van der Waals surface area contributed by atoms with Crippen molar-refractivity contribution in [2.24, 2.45) is 17.3 Å². The average Bonchev–Trinajstić information content (AvgIpc) is 3.58. The molecule has 4 rings (SSSR count). The molecule has 0 radical (unpaired) electrons. The molecule has 9 nitrogen and oxygen atoms in total. The number of alkyl halides is 2. The van der Waals surface area contributed by atoms with E-state index in [1.165, 1.54) is 4.90 Å². The summed E-state index contributed by atoms with van der Waals surface area (Å²) in [7, 11) is 0. The van der Waals surface area contributed by atoms with Crippen LogP contribution in [-0.2, 0) is 14.4 Å². The number of halogens is 2. The molecule has 11 heteroatoms. The zero-order valence-corrected chi connectivity index (χ0v) is 26.2. The third-order valence-electron chi connectivity index (χ3n) is 9.08. The van der Waals surface area contributed by atoms with Crippen LogP contribution in [0.2, 0.25) is 0 Å². The summed E-state index contributed by atoms with van der Waals surface area (Å²) in [6, 6.07) is 5.58. The molecule has 2 aliphatic rings. The van der Waals surface area contributed by atoms with Gasteiger partial charge in [0.2, 0.25) is 18.2 Å². The second-order valence-corrected chi connectivity index (χ2v) is 13.3. The number of fused-ring (bicyclic) bond motifs is 2. The van der Waals surface area contributed by atoms with Crippen LogP contribution in [-0.4, -0.2) is 77.1 Å². The highest BCUT2D eigenvalue weighted by atomic mass is 19.3. The van der Waals surface area contributed by atoms with Gasteiger partial charge in [0.05, 0.1) is 23.7 Å². The van der Waals surface area contributed by atoms with E-state index >= 15 is 0 Å². The van der Waals surface area contributed by atoms with E-state index in [2.05, 4.69) is 20.9 Å². The van der Waals surface area contributed by atoms with Crippen LogP contribution in [0.4, 0.5) is 8.78 Å². The molecule has 1 aliphatic heterocycles. The zero-order chi connectivity index (χ0) is 32.2. The molecule has 3 N–H and O–H groups in total. The van der Waals surface area contributed by atoms with Crippen molar-refractivity contribution in [3.05, 3.63) is 42.1 Å². The van der Waals surface area contributed by atoms with Crippen molar-refractivity contribution in [1.29, 1.82) is 0 Å². The fraction of sp³-hybridized carbons (Fsp3) is 0.606. The Morgan fingerprint density at radius 3 is 2.48 bits per heavy atom. The molecule has 1 aromatic carbocycles. The molecule has 44 heavy (non-hydrogen) atoms. The number of carbonyl (C=O) groups excluding carboxylic acids is 4. The number of amides is 3. The zero-order valence-electron chi connectivity index (χ0n) is 26.2. The molecule has 0 bridgehead atoms. The molecule has 6 atom stereocenters. The molecule has 1 aliphatic carbocycles. The van der Waals surface area contributed by atoms with Gasteiger partial charge in [-0.1, -0.05) is 52.3 Å². The predicted molar refractivity (Wildman–Crippen MR) is 164 cm³/mol. The Bertz CT molecular complexity index is 1360. The Balaban J connectivity index is 1.58. The summed E-state index contributed by atoms with van der Waals surface area (Å²) in [6.07, 6.45) is 1.15. The van der Waals surface area contributed by atoms with E-state index < -0.39 is 59.9 Å². The topological polar surface area (TPSA) is 121 Å². The molecule has 1 aromatic heterocycles. The van der Waals surface area contributed by atoms with Crippen LogP contribution in [0.25, 0.3) is 10.9 Å². The Kier molecular flexibility index (Phi) is 10.7. The van der Waals surface area contributed by atoms with E-state index in [9.17, 15) is 28.0 Å². The Hall–Kier alpha value is -3.47. The summed E-state index contributed by atoms with van der Waals surface area (Å²) in [5, 5.41) is 9.19. The highest BCUT2D eigenvalue weighted by molar-refractivity contribution is 6.07. The van der Waals surface area contributed by atoms with Gasteiger partial charge in [0.15, 0.2) is 5.78 Å². The first-order valence-corrected chi connectivity index (χ1v) is 15.6. The summed E-state index contributed by atoms with van der Waals surface area (Å²) < 4.78 is 27.0. The van der Waals surface area contributed by atoms with Gasteiger partial charge in [-0.2, -0.15) is 0 Å². The molecule has 1 saturated carbocycles. The van der Waals surface area contributed by atoms with Gasteiger partial charge in [-0.3, -0.25) is 24.2 Å². The number of hydrogen-bond acceptors (Lipinski definition) is 6. The lowest BCUT2D eigenvalue weighted by molar-refractivity contribution is -0.143. The number of likely N-dealkylation sites (tertiary alicyclic amines) is 1. The second kappa shape index (κ2) is 14.1. The number of benzene rings is 1. The molecule has 1 unspecified atom stereocenters. The number of para-hydroxylation sites is 1. The maximum Gasteiger partial charge on any atom is 0.252 e. The van der Waals surface area contributed by atoms with Crippen LogP contribution < -0.4 is 16.0 Å². The molecule has 240 valence electrons. The number of carbonyl (C=O) groups is 4. The minimum Gasteiger partial charge on any atom is -0.344 e. The number of aromatic nitrogens is 1. The van der Waals surface area contributed by atoms with Crippen LogP contribution in [0.1, 0.15) is 77.1 Å². The number of rotatable bonds is 12. The average molecular weight is 614 g/mol. The van der Waals surface area contributed by atoms with Crippen molar-refractivity contribution in [2.45, 2.75) is 97.3 Å². The fourth-order valence-electron chi connectivity index (χ4n) is 6.43. The van der Waals surface area contributed by atoms with E-state index in [-0.39, 0.29) is 24.4 Å². The molecule has 2 aromatic rings. The lowest BCUT2D eigenvalue weighted by Crippen LogP contribution is -2.59. The van der Waals surface area contributed by atoms with Crippen molar-refractivity contribution in [3.63, 3.8) is 0 Å². The van der Waals surface area contributed by atoms with Crippen LogP contribution in [0.15, 0.2) is 36.5 Å². The van der Waals surface area contributed by atoms with Gasteiger partial charge >= 0.3 is 0 Å². The number of pyridine rings is 1. The van der Waals surface area contributed by atoms with Crippen molar-refractivity contribution >= 4 is 34.4 Å². The molecular formula is C33H45F2N5O4. The van der Waals surface area contributed by atoms with Crippen LogP contribution in [0.3, 0.4) is 0 Å². The van der Waals surface area contributed by atoms with Crippen LogP contribution in [0.5, 0.6) is 0 Å². The molecule has 0 spiro atoms. The maximum absolute atomic E-state index is 14.3. The standard InChI is InChI=1S/C33H45F2N5O4/c1-6-19(2)37-17-26(41)25(16-27(34)35)38-31(43)28-21-12-9-10-20(21)18-40(28)32(44)29(33(3,4)5)39-30(42)23-14-15-36-24-13-8-7-11-22(23)24/h7-8,11,13-15,19-21,25,27-29,37H,6,9-10,12,16-18H2,1-5H3,(H,38,43)(H,39,42)/t19-,20-,21-,25?,28-,29+/m0/s1. The van der Waals surface area contributed by atoms with Gasteiger partial charge in [-0.25, -0.2) is 8.78 Å². The predicted octanol–water partition coefficient (Wildman–Crippen LogP) is 4.10. The summed E-state index contributed by atoms with van der Waals surface area (Å²) in [6.45, 7) is 9.53. The van der Waals surface area contributed by atoms with Gasteiger partial charge in [-0.05, 0) is 55.6 Å². The first-order chi connectivity index (χ1) is 20.8. The van der Waals surface area contributed by atoms with Crippen molar-refractivity contribution in [2.75, 3.05) is 13.1 Å². The number of Topliss-reactive ketones (excluding diaryl/α,β-unsaturated/α-hetero) is 1. The Morgan fingerprint density at radius 2 is 1.80 bits per heavy atom. The summed E-state index contributed by atoms with van der Waals surface area (Å²) in [5.74, 6) is -2.05. The largest absolute Gasteiger partial charge is 0.344 e. The number of hydrogen-bond donors (Lipinski definition) is 3. The molecular weight excluding hydrogens is 568 g/mol. The minimum atomic E-state index is -2.79. The molecule has 2 heterocycles. The first kappa shape index (κ1) is 33.4. The fourth-order valence-corrected chi connectivity index (χ4v) is 6.43. The third kappa shape index (κ3) is 7.60. The Labute approximate surface area is 257 Å². The minimum absolute atomic E-state index is 0.0127. The molecule has 3 amide bonds. The summed E-state index contributed by atoms with van der Waals surface area (Å²) in [5.41, 5.74) is 0.309. The monoisotopic (exact) mass is 613 g/mol. The Morgan fingerprint density at radius 1 is 1.07 bits per heavy atom. The van der Waals surface area contributed by atoms with Crippen molar-refractivity contribution in [3.8, 4) is 0 Å². The van der Waals surface area contributed by atoms with Crippen molar-refractivity contribution in [1.82, 2.24) is 25.8 Å². The van der Waals surface area contributed by atoms with Crippen LogP contribution >= 0.6 is 0 Å². The van der Waals surface area contributed by atoms with Gasteiger partial charge in [0, 0.05) is 30.6 Å². The SMILES string of the molecule is CC[C@H](C)NCC(=O)C(CC(F)F)NC(=O)[C@@H]1[C@H]2CCC[C@H]2CN1C(=O)[C@@H](NC(=O)c1ccnc2ccccc12)C(C)(C)C. The van der Waals surface area contributed by atoms with Gasteiger partial charge in [0.25, 0.3) is 5.91 Å². The smallest absolute Gasteiger partial charge is 0.252 e. The lowest BCUT2D eigenvalue weighted by Gasteiger charge is -2.36. The molecule has 1 saturated heterocycles. The maximum atomic E-state index is 14.3. The number of ketones is 1. The van der Waals surface area contributed by atoms with E-state index in [0.29, 0.717) is 29.4 Å². The van der Waals surface area contributed by atoms with E-state index in [1.807, 2.05) is 46.8 Å². The van der Waals surface area contributed by atoms with Gasteiger partial charge in [-0.15, -0.1) is 0 Å². The van der Waals surface area contributed by atoms with E-state index in [0.717, 1.165) is 19.3 Å². The summed E-state index contributed by atoms with van der Waals surface area (Å²) in [4.78, 5) is 60.5. The highest BCUT2D eigenvalue weighted by Gasteiger charge is 2.52. The van der Waals surface area contributed by atoms with Gasteiger partial charge in [0.1, 0.15) is 12.1 Å². The second-order valence-electron chi connectivity index (χ2n) is 13.3. The summed E-state index contributed by atoms with van der Waals surface area (Å²) >= 11 is 0. The normalized spacial score (nSPS) is 22.0. The number of nitrogens with zero attached hydrogens (tertiary/aromatic N) is 2. The quantitative estimate of drug-likeness (QED) is 0.332. The highest BCUT2D eigenvalue weighted by Crippen LogP contribution is 2.43. The van der Waals surface area contributed by atoms with E-state index in [4.69, 9.17) is 0 Å².